The minimum absolute atomic E-state index is 0.221. The summed E-state index contributed by atoms with van der Waals surface area (Å²) in [5.74, 6) is 0.490. The number of thiophene rings is 1. The quantitative estimate of drug-likeness (QED) is 0.679. The highest BCUT2D eigenvalue weighted by Gasteiger charge is 2.33. The molecule has 140 valence electrons. The average molecular weight is 407 g/mol. The molecule has 1 atom stereocenters. The third-order valence-electron chi connectivity index (χ3n) is 3.86. The Kier molecular flexibility index (Phi) is 7.11. The fourth-order valence-electron chi connectivity index (χ4n) is 2.57. The number of nitrogens with zero attached hydrogens (tertiary/aromatic N) is 2. The molecule has 0 saturated carbocycles. The van der Waals surface area contributed by atoms with E-state index in [4.69, 9.17) is 5.73 Å². The highest BCUT2D eigenvalue weighted by Crippen LogP contribution is 2.22. The Labute approximate surface area is 155 Å². The lowest BCUT2D eigenvalue weighted by atomic mass is 10.2. The number of piperazine rings is 1. The van der Waals surface area contributed by atoms with E-state index in [1.165, 1.54) is 15.6 Å². The van der Waals surface area contributed by atoms with Gasteiger partial charge in [-0.1, -0.05) is 6.07 Å². The Morgan fingerprint density at radius 2 is 2.04 bits per heavy atom. The van der Waals surface area contributed by atoms with Crippen molar-refractivity contribution in [2.24, 2.45) is 5.73 Å². The van der Waals surface area contributed by atoms with Crippen molar-refractivity contribution in [3.05, 3.63) is 17.5 Å². The van der Waals surface area contributed by atoms with Gasteiger partial charge in [0.15, 0.2) is 0 Å². The van der Waals surface area contributed by atoms with Crippen LogP contribution in [-0.4, -0.2) is 73.8 Å². The first-order valence-corrected chi connectivity index (χ1v) is 11.4. The van der Waals surface area contributed by atoms with Gasteiger partial charge in [0.2, 0.25) is 5.91 Å². The van der Waals surface area contributed by atoms with Gasteiger partial charge in [0.05, 0.1) is 0 Å². The molecule has 1 unspecified atom stereocenters. The molecule has 8 nitrogen and oxygen atoms in total. The fraction of sp³-hybridized carbons (Fsp3) is 0.571. The van der Waals surface area contributed by atoms with Crippen molar-refractivity contribution in [3.8, 4) is 0 Å². The van der Waals surface area contributed by atoms with Crippen molar-refractivity contribution in [2.45, 2.75) is 16.7 Å². The predicted octanol–water partition coefficient (Wildman–Crippen LogP) is 0.371. The summed E-state index contributed by atoms with van der Waals surface area (Å²) in [5.41, 5.74) is 5.15. The van der Waals surface area contributed by atoms with E-state index in [2.05, 4.69) is 5.32 Å². The number of primary amides is 1. The molecule has 3 N–H and O–H groups in total. The molecular weight excluding hydrogens is 384 g/mol. The Morgan fingerprint density at radius 3 is 2.56 bits per heavy atom. The van der Waals surface area contributed by atoms with Crippen LogP contribution in [0.4, 0.5) is 4.79 Å². The first-order valence-electron chi connectivity index (χ1n) is 7.73. The van der Waals surface area contributed by atoms with E-state index in [-0.39, 0.29) is 19.0 Å². The van der Waals surface area contributed by atoms with Crippen molar-refractivity contribution in [1.82, 2.24) is 14.5 Å². The zero-order chi connectivity index (χ0) is 18.4. The van der Waals surface area contributed by atoms with E-state index in [1.807, 2.05) is 6.26 Å². The molecule has 0 aromatic carbocycles. The second-order valence-corrected chi connectivity index (χ2v) is 9.60. The van der Waals surface area contributed by atoms with E-state index in [0.717, 1.165) is 0 Å². The largest absolute Gasteiger partial charge is 0.352 e. The number of thioether (sulfide) groups is 1. The molecule has 1 saturated heterocycles. The van der Waals surface area contributed by atoms with Crippen molar-refractivity contribution in [2.75, 3.05) is 38.2 Å². The van der Waals surface area contributed by atoms with Crippen LogP contribution in [0.5, 0.6) is 0 Å². The smallest absolute Gasteiger partial charge is 0.312 e. The Morgan fingerprint density at radius 1 is 1.36 bits per heavy atom. The van der Waals surface area contributed by atoms with E-state index in [9.17, 15) is 18.0 Å². The number of nitrogens with two attached hydrogens (primary N) is 1. The van der Waals surface area contributed by atoms with Crippen LogP contribution in [0.15, 0.2) is 21.7 Å². The third kappa shape index (κ3) is 5.09. The normalized spacial score (nSPS) is 17.2. The van der Waals surface area contributed by atoms with Crippen molar-refractivity contribution < 1.29 is 18.0 Å². The highest BCUT2D eigenvalue weighted by atomic mass is 32.2. The molecule has 0 bridgehead atoms. The predicted molar refractivity (Wildman–Crippen MR) is 99.2 cm³/mol. The minimum atomic E-state index is -3.50. The molecule has 0 radical (unpaired) electrons. The van der Waals surface area contributed by atoms with Gasteiger partial charge < -0.3 is 16.0 Å². The fourth-order valence-corrected chi connectivity index (χ4v) is 5.61. The SMILES string of the molecule is CSCCC(NC(N)=O)C(=O)N1CCN(S(=O)(=O)c2cccs2)CC1. The monoisotopic (exact) mass is 406 g/mol. The van der Waals surface area contributed by atoms with E-state index < -0.39 is 22.1 Å². The van der Waals surface area contributed by atoms with Crippen LogP contribution in [0.3, 0.4) is 0 Å². The molecule has 0 spiro atoms. The maximum atomic E-state index is 12.6. The maximum absolute atomic E-state index is 12.6. The summed E-state index contributed by atoms with van der Waals surface area (Å²) < 4.78 is 26.7. The summed E-state index contributed by atoms with van der Waals surface area (Å²) in [5, 5.41) is 4.20. The minimum Gasteiger partial charge on any atom is -0.352 e. The summed E-state index contributed by atoms with van der Waals surface area (Å²) in [4.78, 5) is 25.3. The van der Waals surface area contributed by atoms with Gasteiger partial charge >= 0.3 is 6.03 Å². The Hall–Kier alpha value is -1.30. The summed E-state index contributed by atoms with van der Waals surface area (Å²) in [6, 6.07) is 1.86. The van der Waals surface area contributed by atoms with E-state index in [0.29, 0.717) is 29.5 Å². The topological polar surface area (TPSA) is 113 Å². The summed E-state index contributed by atoms with van der Waals surface area (Å²) >= 11 is 2.75. The van der Waals surface area contributed by atoms with Gasteiger partial charge in [-0.15, -0.1) is 11.3 Å². The number of hydrogen-bond donors (Lipinski definition) is 2. The Balaban J connectivity index is 1.98. The van der Waals surface area contributed by atoms with Crippen molar-refractivity contribution >= 4 is 45.1 Å². The second-order valence-electron chi connectivity index (χ2n) is 5.50. The standard InChI is InChI=1S/C14H22N4O4S3/c1-23-10-4-11(16-14(15)20)13(19)17-5-7-18(8-6-17)25(21,22)12-3-2-9-24-12/h2-3,9,11H,4-8,10H2,1H3,(H3,15,16,20). The zero-order valence-corrected chi connectivity index (χ0v) is 16.3. The number of amides is 3. The molecule has 25 heavy (non-hydrogen) atoms. The molecular formula is C14H22N4O4S3. The third-order valence-corrected chi connectivity index (χ3v) is 7.78. The van der Waals surface area contributed by atoms with Crippen LogP contribution in [0.2, 0.25) is 0 Å². The number of rotatable bonds is 7. The van der Waals surface area contributed by atoms with Gasteiger partial charge in [-0.2, -0.15) is 16.1 Å². The molecule has 1 aromatic heterocycles. The first kappa shape index (κ1) is 20.0. The molecule has 1 aliphatic rings. The number of nitrogens with one attached hydrogen (secondary N) is 1. The molecule has 1 aromatic rings. The van der Waals surface area contributed by atoms with Gasteiger partial charge in [0.25, 0.3) is 10.0 Å². The number of hydrogen-bond acceptors (Lipinski definition) is 6. The zero-order valence-electron chi connectivity index (χ0n) is 13.9. The lowest BCUT2D eigenvalue weighted by molar-refractivity contribution is -0.134. The van der Waals surface area contributed by atoms with Crippen LogP contribution in [0, 0.1) is 0 Å². The molecule has 1 fully saturated rings. The number of urea groups is 1. The molecule has 2 heterocycles. The number of sulfonamides is 1. The first-order chi connectivity index (χ1) is 11.9. The lowest BCUT2D eigenvalue weighted by Crippen LogP contribution is -2.56. The summed E-state index contributed by atoms with van der Waals surface area (Å²) in [7, 11) is -3.50. The second kappa shape index (κ2) is 8.88. The number of carbonyl (C=O) groups is 2. The van der Waals surface area contributed by atoms with Gasteiger partial charge in [-0.25, -0.2) is 13.2 Å². The molecule has 1 aliphatic heterocycles. The van der Waals surface area contributed by atoms with Crippen LogP contribution in [-0.2, 0) is 14.8 Å². The van der Waals surface area contributed by atoms with Crippen molar-refractivity contribution in [3.63, 3.8) is 0 Å². The van der Waals surface area contributed by atoms with Gasteiger partial charge in [-0.3, -0.25) is 4.79 Å². The Bertz CT molecular complexity index is 685. The average Bonchev–Trinajstić information content (AvgIpc) is 3.13. The molecule has 0 aliphatic carbocycles. The molecule has 2 rings (SSSR count). The van der Waals surface area contributed by atoms with Crippen LogP contribution >= 0.6 is 23.1 Å². The lowest BCUT2D eigenvalue weighted by Gasteiger charge is -2.35. The van der Waals surface area contributed by atoms with Gasteiger partial charge in [0, 0.05) is 26.2 Å². The van der Waals surface area contributed by atoms with Crippen LogP contribution in [0.1, 0.15) is 6.42 Å². The van der Waals surface area contributed by atoms with Crippen molar-refractivity contribution in [1.29, 1.82) is 0 Å². The van der Waals surface area contributed by atoms with Crippen LogP contribution < -0.4 is 11.1 Å². The van der Waals surface area contributed by atoms with Gasteiger partial charge in [0.1, 0.15) is 10.3 Å². The van der Waals surface area contributed by atoms with E-state index in [1.54, 1.807) is 34.2 Å². The maximum Gasteiger partial charge on any atom is 0.312 e. The van der Waals surface area contributed by atoms with E-state index >= 15 is 0 Å². The molecule has 3 amide bonds. The number of carbonyl (C=O) groups excluding carboxylic acids is 2. The summed E-state index contributed by atoms with van der Waals surface area (Å²) in [6.45, 7) is 1.05. The van der Waals surface area contributed by atoms with Crippen LogP contribution in [0.25, 0.3) is 0 Å². The van der Waals surface area contributed by atoms with Gasteiger partial charge in [-0.05, 0) is 29.9 Å². The highest BCUT2D eigenvalue weighted by molar-refractivity contribution is 7.98. The summed E-state index contributed by atoms with van der Waals surface area (Å²) in [6.07, 6.45) is 2.40. The molecule has 11 heteroatoms.